The molecule has 0 unspecified atom stereocenters. The fraction of sp³-hybridized carbons (Fsp3) is 0.192. The van der Waals surface area contributed by atoms with Crippen molar-refractivity contribution in [2.75, 3.05) is 51.3 Å². The molecule has 0 aliphatic heterocycles. The van der Waals surface area contributed by atoms with Gasteiger partial charge in [-0.1, -0.05) is 0 Å². The molecule has 0 saturated carbocycles. The van der Waals surface area contributed by atoms with Crippen LogP contribution in [-0.4, -0.2) is 90.2 Å². The topological polar surface area (TPSA) is 140 Å². The molecule has 6 heterocycles. The molecule has 16 nitrogen and oxygen atoms in total. The molecule has 0 amide bonds. The van der Waals surface area contributed by atoms with E-state index >= 15 is 0 Å². The van der Waals surface area contributed by atoms with Gasteiger partial charge in [-0.2, -0.15) is 10.2 Å². The maximum Gasteiger partial charge on any atom is 0.124 e. The van der Waals surface area contributed by atoms with Crippen molar-refractivity contribution in [3.63, 3.8) is 0 Å². The number of rotatable bonds is 16. The first kappa shape index (κ1) is 44.5. The van der Waals surface area contributed by atoms with Crippen molar-refractivity contribution in [3.8, 4) is 45.5 Å². The van der Waals surface area contributed by atoms with E-state index in [9.17, 15) is 0 Å². The van der Waals surface area contributed by atoms with E-state index in [2.05, 4.69) is 88.2 Å². The lowest BCUT2D eigenvalue weighted by Gasteiger charge is -2.26. The molecule has 6 aromatic heterocycles. The molecule has 10 rings (SSSR count). The maximum atomic E-state index is 5.53. The number of aromatic nitrogens is 10. The second-order valence-electron chi connectivity index (χ2n) is 15.9. The molecule has 0 aliphatic carbocycles. The molecule has 0 aliphatic rings. The second kappa shape index (κ2) is 20.2. The lowest BCUT2D eigenvalue weighted by atomic mass is 10.2. The summed E-state index contributed by atoms with van der Waals surface area (Å²) in [5, 5.41) is 8.51. The van der Waals surface area contributed by atoms with E-state index < -0.39 is 0 Å². The smallest absolute Gasteiger partial charge is 0.124 e. The molecule has 4 aromatic carbocycles. The van der Waals surface area contributed by atoms with Crippen molar-refractivity contribution in [2.45, 2.75) is 13.1 Å². The molecule has 68 heavy (non-hydrogen) atoms. The molecule has 0 spiro atoms. The van der Waals surface area contributed by atoms with Gasteiger partial charge in [0.2, 0.25) is 0 Å². The molecule has 344 valence electrons. The average molecular weight is 909 g/mol. The SMILES string of the molecule is COc1cc(OC)cc(N(CCn2cccc2)c2ccc3ncc(-c4cnn(C)c4)nc3c2)c1.COc1cc(OC)cc(N(CCn2cccc2)c2ccc3ncc(-c4cnn(C)c4)nc3c2)c1. The Morgan fingerprint density at radius 1 is 0.441 bits per heavy atom. The highest BCUT2D eigenvalue weighted by molar-refractivity contribution is 5.84. The Labute approximate surface area is 394 Å². The summed E-state index contributed by atoms with van der Waals surface area (Å²) in [6.07, 6.45) is 19.3. The summed E-state index contributed by atoms with van der Waals surface area (Å²) in [6.45, 7) is 3.11. The zero-order valence-corrected chi connectivity index (χ0v) is 38.8. The molecular weight excluding hydrogens is 857 g/mol. The van der Waals surface area contributed by atoms with Crippen LogP contribution in [0, 0.1) is 0 Å². The number of anilines is 4. The second-order valence-corrected chi connectivity index (χ2v) is 15.9. The Hall–Kier alpha value is -8.66. The van der Waals surface area contributed by atoms with Crippen LogP contribution in [0.1, 0.15) is 0 Å². The van der Waals surface area contributed by atoms with Gasteiger partial charge in [-0.05, 0) is 60.7 Å². The van der Waals surface area contributed by atoms with Gasteiger partial charge < -0.3 is 37.9 Å². The number of nitrogens with zero attached hydrogens (tertiary/aromatic N) is 12. The molecule has 0 saturated heterocycles. The summed E-state index contributed by atoms with van der Waals surface area (Å²) in [7, 11) is 10.4. The monoisotopic (exact) mass is 908 g/mol. The Morgan fingerprint density at radius 3 is 1.16 bits per heavy atom. The first-order chi connectivity index (χ1) is 33.2. The van der Waals surface area contributed by atoms with Gasteiger partial charge in [0.25, 0.3) is 0 Å². The number of hydrogen-bond acceptors (Lipinski definition) is 12. The summed E-state index contributed by atoms with van der Waals surface area (Å²) in [5.41, 5.74) is 10.7. The minimum atomic E-state index is 0.736. The minimum Gasteiger partial charge on any atom is -0.497 e. The van der Waals surface area contributed by atoms with Gasteiger partial charge in [-0.3, -0.25) is 19.3 Å². The van der Waals surface area contributed by atoms with Crippen LogP contribution >= 0.6 is 0 Å². The van der Waals surface area contributed by atoms with Gasteiger partial charge in [0.1, 0.15) is 23.0 Å². The first-order valence-corrected chi connectivity index (χ1v) is 22.0. The van der Waals surface area contributed by atoms with E-state index in [4.69, 9.17) is 28.9 Å². The van der Waals surface area contributed by atoms with Crippen molar-refractivity contribution in [1.29, 1.82) is 0 Å². The third-order valence-electron chi connectivity index (χ3n) is 11.5. The van der Waals surface area contributed by atoms with Crippen LogP contribution in [0.25, 0.3) is 44.6 Å². The van der Waals surface area contributed by atoms with Gasteiger partial charge in [-0.15, -0.1) is 0 Å². The molecule has 0 bridgehead atoms. The van der Waals surface area contributed by atoms with E-state index in [1.165, 1.54) is 0 Å². The van der Waals surface area contributed by atoms with Gasteiger partial charge >= 0.3 is 0 Å². The normalized spacial score (nSPS) is 11.0. The van der Waals surface area contributed by atoms with Gasteiger partial charge in [0, 0.05) is 148 Å². The minimum absolute atomic E-state index is 0.736. The number of ether oxygens (including phenoxy) is 4. The van der Waals surface area contributed by atoms with Crippen LogP contribution in [0.15, 0.2) is 159 Å². The van der Waals surface area contributed by atoms with E-state index in [0.717, 1.165) is 117 Å². The number of fused-ring (bicyclic) bond motifs is 2. The maximum absolute atomic E-state index is 5.53. The van der Waals surface area contributed by atoms with Crippen LogP contribution in [0.4, 0.5) is 22.7 Å². The quantitative estimate of drug-likeness (QED) is 0.0913. The van der Waals surface area contributed by atoms with Crippen molar-refractivity contribution in [3.05, 3.63) is 159 Å². The van der Waals surface area contributed by atoms with Crippen molar-refractivity contribution in [1.82, 2.24) is 48.6 Å². The standard InChI is InChI=1S/2C26H26N6O2/c2*1-30-18-19(16-28-30)26-17-27-24-7-6-20(14-25(24)29-26)32(11-10-31-8-4-5-9-31)21-12-22(33-2)15-23(13-21)34-3/h2*4-9,12-18H,10-11H2,1-3H3. The van der Waals surface area contributed by atoms with Gasteiger partial charge in [0.05, 0.1) is 86.7 Å². The summed E-state index contributed by atoms with van der Waals surface area (Å²) < 4.78 is 30.0. The van der Waals surface area contributed by atoms with Gasteiger partial charge in [0.15, 0.2) is 0 Å². The Balaban J connectivity index is 0.000000170. The van der Waals surface area contributed by atoms with Crippen LogP contribution < -0.4 is 28.7 Å². The molecule has 0 atom stereocenters. The lowest BCUT2D eigenvalue weighted by Crippen LogP contribution is -2.22. The molecule has 0 fully saturated rings. The largest absolute Gasteiger partial charge is 0.497 e. The third-order valence-corrected chi connectivity index (χ3v) is 11.5. The van der Waals surface area contributed by atoms with Crippen LogP contribution in [0.3, 0.4) is 0 Å². The third kappa shape index (κ3) is 10.2. The predicted octanol–water partition coefficient (Wildman–Crippen LogP) is 9.37. The molecule has 16 heteroatoms. The lowest BCUT2D eigenvalue weighted by molar-refractivity contribution is 0.394. The Bertz CT molecular complexity index is 2990. The van der Waals surface area contributed by atoms with E-state index in [1.807, 2.05) is 99.3 Å². The van der Waals surface area contributed by atoms with Crippen LogP contribution in [0.5, 0.6) is 23.0 Å². The highest BCUT2D eigenvalue weighted by Gasteiger charge is 2.17. The van der Waals surface area contributed by atoms with Crippen molar-refractivity contribution >= 4 is 44.8 Å². The van der Waals surface area contributed by atoms with E-state index in [-0.39, 0.29) is 0 Å². The number of aryl methyl sites for hydroxylation is 2. The molecule has 0 radical (unpaired) electrons. The molecular formula is C52H52N12O4. The number of benzene rings is 4. The average Bonchev–Trinajstić information content (AvgIpc) is 4.24. The zero-order valence-electron chi connectivity index (χ0n) is 38.8. The summed E-state index contributed by atoms with van der Waals surface area (Å²) in [6, 6.07) is 32.2. The highest BCUT2D eigenvalue weighted by Crippen LogP contribution is 2.36. The van der Waals surface area contributed by atoms with Crippen molar-refractivity contribution < 1.29 is 18.9 Å². The molecule has 0 N–H and O–H groups in total. The van der Waals surface area contributed by atoms with Crippen LogP contribution in [0.2, 0.25) is 0 Å². The summed E-state index contributed by atoms with van der Waals surface area (Å²) >= 11 is 0. The Morgan fingerprint density at radius 2 is 0.824 bits per heavy atom. The molecule has 10 aromatic rings. The number of hydrogen-bond donors (Lipinski definition) is 0. The fourth-order valence-electron chi connectivity index (χ4n) is 7.90. The predicted molar refractivity (Wildman–Crippen MR) is 265 cm³/mol. The van der Waals surface area contributed by atoms with E-state index in [1.54, 1.807) is 62.6 Å². The van der Waals surface area contributed by atoms with Crippen molar-refractivity contribution in [2.24, 2.45) is 14.1 Å². The fourth-order valence-corrected chi connectivity index (χ4v) is 7.90. The first-order valence-electron chi connectivity index (χ1n) is 22.0. The highest BCUT2D eigenvalue weighted by atomic mass is 16.5. The van der Waals surface area contributed by atoms with Gasteiger partial charge in [-0.25, -0.2) is 9.97 Å². The van der Waals surface area contributed by atoms with E-state index in [0.29, 0.717) is 0 Å². The number of methoxy groups -OCH3 is 4. The zero-order chi connectivity index (χ0) is 47.0. The summed E-state index contributed by atoms with van der Waals surface area (Å²) in [4.78, 5) is 23.5. The summed E-state index contributed by atoms with van der Waals surface area (Å²) in [5.74, 6) is 2.94. The van der Waals surface area contributed by atoms with Crippen LogP contribution in [-0.2, 0) is 27.2 Å². The Kier molecular flexibility index (Phi) is 13.3.